The Morgan fingerprint density at radius 1 is 0.857 bits per heavy atom. The Bertz CT molecular complexity index is 526. The van der Waals surface area contributed by atoms with Crippen molar-refractivity contribution >= 4 is 17.9 Å². The number of carboxylic acid groups (broad SMARTS) is 1. The minimum atomic E-state index is -1.05. The van der Waals surface area contributed by atoms with Crippen LogP contribution >= 0.6 is 0 Å². The maximum absolute atomic E-state index is 12.8. The van der Waals surface area contributed by atoms with Crippen molar-refractivity contribution in [2.45, 2.75) is 96.1 Å². The van der Waals surface area contributed by atoms with E-state index in [0.717, 1.165) is 19.3 Å². The van der Waals surface area contributed by atoms with Crippen molar-refractivity contribution in [2.75, 3.05) is 19.6 Å². The largest absolute Gasteiger partial charge is 0.465 e. The number of carbonyl (C=O) groups is 3. The number of unbranched alkanes of at least 4 members (excludes halogenated alkanes) is 7. The number of nitrogens with zero attached hydrogens (tertiary/aromatic N) is 2. The van der Waals surface area contributed by atoms with E-state index in [1.807, 2.05) is 0 Å². The van der Waals surface area contributed by atoms with E-state index < -0.39 is 18.2 Å². The zero-order chi connectivity index (χ0) is 20.4. The number of hydrogen-bond donors (Lipinski definition) is 2. The molecule has 2 fully saturated rings. The number of carbonyl (C=O) groups excluding carboxylic acids is 2. The van der Waals surface area contributed by atoms with Gasteiger partial charge in [-0.15, -0.1) is 0 Å². The maximum atomic E-state index is 12.8. The Morgan fingerprint density at radius 2 is 1.43 bits per heavy atom. The number of hydrogen-bond acceptors (Lipinski definition) is 3. The maximum Gasteiger partial charge on any atom is 0.407 e. The first-order valence-electron chi connectivity index (χ1n) is 11.1. The second-order valence-electron chi connectivity index (χ2n) is 8.09. The van der Waals surface area contributed by atoms with Crippen molar-refractivity contribution in [3.63, 3.8) is 0 Å². The zero-order valence-electron chi connectivity index (χ0n) is 17.3. The normalized spacial score (nSPS) is 21.9. The molecule has 0 saturated carbocycles. The van der Waals surface area contributed by atoms with Crippen molar-refractivity contribution in [3.05, 3.63) is 0 Å². The van der Waals surface area contributed by atoms with Crippen LogP contribution in [-0.4, -0.2) is 64.5 Å². The van der Waals surface area contributed by atoms with Crippen LogP contribution in [0.5, 0.6) is 0 Å². The van der Waals surface area contributed by atoms with E-state index in [2.05, 4.69) is 12.2 Å². The Balaban J connectivity index is 1.69. The van der Waals surface area contributed by atoms with E-state index in [0.29, 0.717) is 38.9 Å². The first kappa shape index (κ1) is 22.5. The number of amides is 3. The Hall–Kier alpha value is -1.79. The van der Waals surface area contributed by atoms with E-state index in [1.165, 1.54) is 43.4 Å². The van der Waals surface area contributed by atoms with Gasteiger partial charge in [0, 0.05) is 19.6 Å². The van der Waals surface area contributed by atoms with Crippen molar-refractivity contribution in [2.24, 2.45) is 0 Å². The van der Waals surface area contributed by atoms with Gasteiger partial charge in [0.2, 0.25) is 11.8 Å². The summed E-state index contributed by atoms with van der Waals surface area (Å²) in [5.74, 6) is -0.293. The van der Waals surface area contributed by atoms with Crippen LogP contribution in [0.4, 0.5) is 4.79 Å². The Morgan fingerprint density at radius 3 is 2.07 bits per heavy atom. The summed E-state index contributed by atoms with van der Waals surface area (Å²) in [6.45, 7) is 3.81. The molecule has 0 bridgehead atoms. The van der Waals surface area contributed by atoms with E-state index in [-0.39, 0.29) is 11.8 Å². The molecule has 2 aliphatic rings. The Kier molecular flexibility index (Phi) is 9.58. The molecule has 0 radical (unpaired) electrons. The van der Waals surface area contributed by atoms with Gasteiger partial charge in [0.1, 0.15) is 12.1 Å². The summed E-state index contributed by atoms with van der Waals surface area (Å²) in [4.78, 5) is 39.6. The molecule has 28 heavy (non-hydrogen) atoms. The fraction of sp³-hybridized carbons (Fsp3) is 0.857. The minimum Gasteiger partial charge on any atom is -0.465 e. The highest BCUT2D eigenvalue weighted by atomic mass is 16.4. The minimum absolute atomic E-state index is 0.0892. The van der Waals surface area contributed by atoms with E-state index in [9.17, 15) is 19.5 Å². The van der Waals surface area contributed by atoms with E-state index in [1.54, 1.807) is 4.90 Å². The molecule has 0 aliphatic carbocycles. The van der Waals surface area contributed by atoms with Crippen molar-refractivity contribution < 1.29 is 19.5 Å². The van der Waals surface area contributed by atoms with Gasteiger partial charge in [-0.2, -0.15) is 0 Å². The molecule has 2 saturated heterocycles. The standard InChI is InChI=1S/C21H37N3O4/c1-2-3-4-5-6-7-8-9-14-22-19(25)17-12-10-15-23(17)20(26)18-13-11-16-24(18)21(27)28/h17-18H,2-16H2,1H3,(H,22,25)(H,27,28). The van der Waals surface area contributed by atoms with Crippen LogP contribution in [0, 0.1) is 0 Å². The lowest BCUT2D eigenvalue weighted by Crippen LogP contribution is -2.52. The van der Waals surface area contributed by atoms with Gasteiger partial charge in [0.25, 0.3) is 0 Å². The van der Waals surface area contributed by atoms with Crippen molar-refractivity contribution in [1.29, 1.82) is 0 Å². The van der Waals surface area contributed by atoms with Gasteiger partial charge in [-0.25, -0.2) is 4.79 Å². The zero-order valence-corrected chi connectivity index (χ0v) is 17.3. The lowest BCUT2D eigenvalue weighted by molar-refractivity contribution is -0.141. The fourth-order valence-electron chi connectivity index (χ4n) is 4.34. The van der Waals surface area contributed by atoms with Crippen molar-refractivity contribution in [3.8, 4) is 0 Å². The summed E-state index contributed by atoms with van der Waals surface area (Å²) in [6.07, 6.45) is 11.4. The highest BCUT2D eigenvalue weighted by Gasteiger charge is 2.41. The predicted octanol–water partition coefficient (Wildman–Crippen LogP) is 3.38. The van der Waals surface area contributed by atoms with Crippen molar-refractivity contribution in [1.82, 2.24) is 15.1 Å². The third kappa shape index (κ3) is 6.38. The summed E-state index contributed by atoms with van der Waals surface area (Å²) in [6, 6.07) is -1.07. The smallest absolute Gasteiger partial charge is 0.407 e. The number of rotatable bonds is 11. The lowest BCUT2D eigenvalue weighted by atomic mass is 10.1. The highest BCUT2D eigenvalue weighted by molar-refractivity contribution is 5.92. The van der Waals surface area contributed by atoms with Crippen LogP contribution in [0.1, 0.15) is 84.0 Å². The van der Waals surface area contributed by atoms with Gasteiger partial charge in [0.15, 0.2) is 0 Å². The van der Waals surface area contributed by atoms with Crippen LogP contribution in [0.15, 0.2) is 0 Å². The summed E-state index contributed by atoms with van der Waals surface area (Å²) < 4.78 is 0. The summed E-state index contributed by atoms with van der Waals surface area (Å²) >= 11 is 0. The van der Waals surface area contributed by atoms with Gasteiger partial charge >= 0.3 is 6.09 Å². The molecule has 0 aromatic heterocycles. The quantitative estimate of drug-likeness (QED) is 0.525. The van der Waals surface area contributed by atoms with Gasteiger partial charge in [-0.1, -0.05) is 51.9 Å². The van der Waals surface area contributed by atoms with Crippen LogP contribution in [0.25, 0.3) is 0 Å². The molecule has 2 aliphatic heterocycles. The third-order valence-corrected chi connectivity index (χ3v) is 5.95. The molecule has 7 nitrogen and oxygen atoms in total. The fourth-order valence-corrected chi connectivity index (χ4v) is 4.34. The highest BCUT2D eigenvalue weighted by Crippen LogP contribution is 2.25. The number of nitrogens with one attached hydrogen (secondary N) is 1. The average molecular weight is 396 g/mol. The van der Waals surface area contributed by atoms with Gasteiger partial charge in [-0.05, 0) is 32.1 Å². The molecule has 7 heteroatoms. The molecule has 2 atom stereocenters. The SMILES string of the molecule is CCCCCCCCCCNC(=O)C1CCCN1C(=O)C1CCCN1C(=O)O. The van der Waals surface area contributed by atoms with Crippen LogP contribution in [0.2, 0.25) is 0 Å². The Labute approximate surface area is 168 Å². The molecule has 0 aromatic carbocycles. The molecule has 0 aromatic rings. The monoisotopic (exact) mass is 395 g/mol. The first-order valence-corrected chi connectivity index (χ1v) is 11.1. The molecule has 3 amide bonds. The van der Waals surface area contributed by atoms with Crippen LogP contribution < -0.4 is 5.32 Å². The van der Waals surface area contributed by atoms with Crippen LogP contribution in [-0.2, 0) is 9.59 Å². The molecule has 2 rings (SSSR count). The molecule has 2 heterocycles. The molecular formula is C21H37N3O4. The number of likely N-dealkylation sites (tertiary alicyclic amines) is 2. The summed E-state index contributed by atoms with van der Waals surface area (Å²) in [7, 11) is 0. The predicted molar refractivity (Wildman–Crippen MR) is 108 cm³/mol. The van der Waals surface area contributed by atoms with Crippen LogP contribution in [0.3, 0.4) is 0 Å². The first-order chi connectivity index (χ1) is 13.6. The van der Waals surface area contributed by atoms with E-state index in [4.69, 9.17) is 0 Å². The second-order valence-corrected chi connectivity index (χ2v) is 8.09. The molecule has 160 valence electrons. The second kappa shape index (κ2) is 11.9. The van der Waals surface area contributed by atoms with Gasteiger partial charge in [-0.3, -0.25) is 14.5 Å². The molecule has 2 unspecified atom stereocenters. The van der Waals surface area contributed by atoms with E-state index >= 15 is 0 Å². The van der Waals surface area contributed by atoms with Gasteiger partial charge < -0.3 is 15.3 Å². The lowest BCUT2D eigenvalue weighted by Gasteiger charge is -2.29. The van der Waals surface area contributed by atoms with Gasteiger partial charge in [0.05, 0.1) is 0 Å². The summed E-state index contributed by atoms with van der Waals surface area (Å²) in [5.41, 5.74) is 0. The third-order valence-electron chi connectivity index (χ3n) is 5.95. The molecule has 2 N–H and O–H groups in total. The molecular weight excluding hydrogens is 358 g/mol. The summed E-state index contributed by atoms with van der Waals surface area (Å²) in [5, 5.41) is 12.3. The molecule has 0 spiro atoms. The average Bonchev–Trinajstić information content (AvgIpc) is 3.35. The topological polar surface area (TPSA) is 90.0 Å².